The molecule has 0 unspecified atom stereocenters. The van der Waals surface area contributed by atoms with Crippen LogP contribution >= 0.6 is 0 Å². The van der Waals surface area contributed by atoms with Crippen molar-refractivity contribution < 1.29 is 17.8 Å². The molecule has 0 radical (unpaired) electrons. The minimum atomic E-state index is -2.40. The molecule has 0 spiro atoms. The lowest BCUT2D eigenvalue weighted by molar-refractivity contribution is -0.119. The van der Waals surface area contributed by atoms with Crippen LogP contribution in [0.25, 0.3) is 0 Å². The van der Waals surface area contributed by atoms with E-state index in [1.54, 1.807) is 6.92 Å². The van der Waals surface area contributed by atoms with E-state index in [0.717, 1.165) is 12.5 Å². The summed E-state index contributed by atoms with van der Waals surface area (Å²) >= 11 is 0. The first-order valence-electron chi connectivity index (χ1n) is 10.4. The van der Waals surface area contributed by atoms with E-state index in [2.05, 4.69) is 80.9 Å². The fourth-order valence-corrected chi connectivity index (χ4v) is 15.5. The summed E-state index contributed by atoms with van der Waals surface area (Å²) in [6.07, 6.45) is 0.843. The molecule has 166 valence electrons. The number of hydrogen-bond acceptors (Lipinski definition) is 4. The maximum atomic E-state index is 11.6. The maximum Gasteiger partial charge on any atom is 0.314 e. The van der Waals surface area contributed by atoms with E-state index in [-0.39, 0.29) is 22.5 Å². The highest BCUT2D eigenvalue weighted by Gasteiger charge is 2.49. The molecule has 0 aromatic rings. The average Bonchev–Trinajstić information content (AvgIpc) is 2.42. The molecule has 0 saturated heterocycles. The number of carbonyl (C=O) groups excluding carboxylic acids is 1. The number of ketones is 1. The Morgan fingerprint density at radius 3 is 1.57 bits per heavy atom. The smallest absolute Gasteiger partial charge is 0.314 e. The van der Waals surface area contributed by atoms with Gasteiger partial charge in [-0.2, -0.15) is 0 Å². The third-order valence-corrected chi connectivity index (χ3v) is 22.2. The predicted molar refractivity (Wildman–Crippen MR) is 128 cm³/mol. The first-order valence-corrected chi connectivity index (χ1v) is 18.7. The van der Waals surface area contributed by atoms with Crippen LogP contribution in [0, 0.1) is 0 Å². The van der Waals surface area contributed by atoms with E-state index in [0.29, 0.717) is 12.2 Å². The monoisotopic (exact) mass is 446 g/mol. The van der Waals surface area contributed by atoms with Gasteiger partial charge in [-0.3, -0.25) is 4.79 Å². The average molecular weight is 447 g/mol. The number of hydrogen-bond donors (Lipinski definition) is 0. The highest BCUT2D eigenvalue weighted by molar-refractivity contribution is 6.89. The summed E-state index contributed by atoms with van der Waals surface area (Å²) in [6.45, 7) is 31.1. The first kappa shape index (κ1) is 27.9. The van der Waals surface area contributed by atoms with E-state index in [1.807, 2.05) is 0 Å². The Labute approximate surface area is 177 Å². The molecule has 7 heteroatoms. The summed E-state index contributed by atoms with van der Waals surface area (Å²) in [5, 5.41) is 0.283. The van der Waals surface area contributed by atoms with Crippen molar-refractivity contribution >= 4 is 31.0 Å². The summed E-state index contributed by atoms with van der Waals surface area (Å²) in [5.41, 5.74) is 0.543. The van der Waals surface area contributed by atoms with Crippen molar-refractivity contribution in [1.29, 1.82) is 0 Å². The summed E-state index contributed by atoms with van der Waals surface area (Å²) < 4.78 is 19.5. The summed E-state index contributed by atoms with van der Waals surface area (Å²) in [7, 11) is -6.29. The molecular formula is C21H46O4Si3. The fourth-order valence-electron chi connectivity index (χ4n) is 2.29. The van der Waals surface area contributed by atoms with Gasteiger partial charge in [0, 0.05) is 6.61 Å². The molecule has 0 aliphatic heterocycles. The number of Topliss-reactive ketones (excluding diaryl/α,β-unsaturated/α-hetero) is 1. The first-order chi connectivity index (χ1) is 12.2. The van der Waals surface area contributed by atoms with Gasteiger partial charge in [0.1, 0.15) is 6.61 Å². The Morgan fingerprint density at radius 1 is 0.857 bits per heavy atom. The summed E-state index contributed by atoms with van der Waals surface area (Å²) in [6, 6.07) is 0.882. The molecule has 0 N–H and O–H groups in total. The second kappa shape index (κ2) is 9.83. The van der Waals surface area contributed by atoms with Gasteiger partial charge in [0.2, 0.25) is 0 Å². The Bertz CT molecular complexity index is 515. The molecule has 0 fully saturated rings. The molecule has 0 atom stereocenters. The van der Waals surface area contributed by atoms with Crippen molar-refractivity contribution in [2.45, 2.75) is 104 Å². The molecule has 0 amide bonds. The second-order valence-corrected chi connectivity index (χ2v) is 24.7. The zero-order chi connectivity index (χ0) is 22.6. The predicted octanol–water partition coefficient (Wildman–Crippen LogP) is 6.65. The third kappa shape index (κ3) is 8.75. The molecular weight excluding hydrogens is 400 g/mol. The van der Waals surface area contributed by atoms with Crippen molar-refractivity contribution in [3.8, 4) is 0 Å². The lowest BCUT2D eigenvalue weighted by Crippen LogP contribution is -2.58. The van der Waals surface area contributed by atoms with Gasteiger partial charge in [0.05, 0.1) is 0 Å². The molecule has 0 rings (SSSR count). The molecule has 0 saturated carbocycles. The quantitative estimate of drug-likeness (QED) is 0.202. The van der Waals surface area contributed by atoms with Crippen LogP contribution in [0.1, 0.15) is 54.9 Å². The Balaban J connectivity index is 5.24. The van der Waals surface area contributed by atoms with Gasteiger partial charge in [-0.15, -0.1) is 0 Å². The maximum absolute atomic E-state index is 11.6. The van der Waals surface area contributed by atoms with Crippen molar-refractivity contribution in [3.05, 3.63) is 12.2 Å². The van der Waals surface area contributed by atoms with Crippen molar-refractivity contribution in [3.63, 3.8) is 0 Å². The van der Waals surface area contributed by atoms with Crippen LogP contribution < -0.4 is 0 Å². The van der Waals surface area contributed by atoms with Gasteiger partial charge in [-0.1, -0.05) is 48.1 Å². The zero-order valence-corrected chi connectivity index (χ0v) is 23.7. The number of ether oxygens (including phenoxy) is 1. The van der Waals surface area contributed by atoms with Gasteiger partial charge in [-0.05, 0) is 67.8 Å². The Kier molecular flexibility index (Phi) is 9.81. The third-order valence-electron chi connectivity index (χ3n) is 6.18. The van der Waals surface area contributed by atoms with Gasteiger partial charge in [0.25, 0.3) is 0 Å². The normalized spacial score (nSPS) is 14.3. The van der Waals surface area contributed by atoms with Crippen LogP contribution in [-0.2, 0) is 17.8 Å². The molecule has 0 heterocycles. The minimum absolute atomic E-state index is 0.0324. The van der Waals surface area contributed by atoms with Crippen LogP contribution in [0.5, 0.6) is 0 Å². The number of carbonyl (C=O) groups is 1. The summed E-state index contributed by atoms with van der Waals surface area (Å²) in [4.78, 5) is 11.6. The lowest BCUT2D eigenvalue weighted by atomic mass is 10.2. The highest BCUT2D eigenvalue weighted by atomic mass is 28.5. The van der Waals surface area contributed by atoms with Gasteiger partial charge in [0.15, 0.2) is 22.4 Å². The van der Waals surface area contributed by atoms with Gasteiger partial charge < -0.3 is 13.0 Å². The van der Waals surface area contributed by atoms with Crippen molar-refractivity contribution in [2.24, 2.45) is 0 Å². The SMILES string of the molecule is C=C(C)C(=O)COCCC[Si](C)(O[Si](C)(C)C(C)(C)C)O[Si](C)(C)C(C)(C)C. The van der Waals surface area contributed by atoms with Crippen LogP contribution in [-0.4, -0.2) is 44.2 Å². The molecule has 0 aromatic heterocycles. The van der Waals surface area contributed by atoms with Crippen molar-refractivity contribution in [1.82, 2.24) is 0 Å². The number of rotatable bonds is 11. The van der Waals surface area contributed by atoms with E-state index >= 15 is 0 Å². The summed E-state index contributed by atoms with van der Waals surface area (Å²) in [5.74, 6) is -0.0324. The molecule has 28 heavy (non-hydrogen) atoms. The lowest BCUT2D eigenvalue weighted by Gasteiger charge is -2.48. The van der Waals surface area contributed by atoms with Crippen LogP contribution in [0.3, 0.4) is 0 Å². The minimum Gasteiger partial charge on any atom is -0.436 e. The molecule has 0 bridgehead atoms. The largest absolute Gasteiger partial charge is 0.436 e. The topological polar surface area (TPSA) is 44.8 Å². The second-order valence-electron chi connectivity index (χ2n) is 11.2. The molecule has 0 aromatic carbocycles. The Hall–Kier alpha value is -0.0594. The van der Waals surface area contributed by atoms with Crippen LogP contribution in [0.2, 0.25) is 48.9 Å². The van der Waals surface area contributed by atoms with Gasteiger partial charge >= 0.3 is 8.56 Å². The van der Waals surface area contributed by atoms with E-state index in [4.69, 9.17) is 13.0 Å². The van der Waals surface area contributed by atoms with E-state index in [9.17, 15) is 4.79 Å². The van der Waals surface area contributed by atoms with Gasteiger partial charge in [-0.25, -0.2) is 0 Å². The van der Waals surface area contributed by atoms with Crippen LogP contribution in [0.15, 0.2) is 12.2 Å². The standard InChI is InChI=1S/C21H46O4Si3/c1-18(2)19(22)17-23-15-14-16-28(13,24-26(9,10)20(3,4)5)25-27(11,12)21(6,7)8/h1,14-17H2,2-13H3. The van der Waals surface area contributed by atoms with Crippen LogP contribution in [0.4, 0.5) is 0 Å². The Morgan fingerprint density at radius 2 is 1.25 bits per heavy atom. The highest BCUT2D eigenvalue weighted by Crippen LogP contribution is 2.43. The molecule has 0 aliphatic rings. The van der Waals surface area contributed by atoms with E-state index in [1.165, 1.54) is 0 Å². The van der Waals surface area contributed by atoms with E-state index < -0.39 is 25.2 Å². The molecule has 4 nitrogen and oxygen atoms in total. The molecule has 0 aliphatic carbocycles. The fraction of sp³-hybridized carbons (Fsp3) is 0.857. The van der Waals surface area contributed by atoms with Crippen molar-refractivity contribution in [2.75, 3.05) is 13.2 Å². The zero-order valence-electron chi connectivity index (χ0n) is 20.7.